The van der Waals surface area contributed by atoms with Crippen molar-refractivity contribution in [3.05, 3.63) is 34.0 Å². The number of ether oxygens (including phenoxy) is 1. The number of rotatable bonds is 2. The van der Waals surface area contributed by atoms with Crippen LogP contribution in [0.3, 0.4) is 0 Å². The van der Waals surface area contributed by atoms with Crippen LogP contribution in [-0.4, -0.2) is 41.0 Å². The number of hydrogen-bond acceptors (Lipinski definition) is 6. The van der Waals surface area contributed by atoms with Gasteiger partial charge in [-0.3, -0.25) is 4.79 Å². The van der Waals surface area contributed by atoms with Crippen LogP contribution in [-0.2, 0) is 4.74 Å². The van der Waals surface area contributed by atoms with E-state index in [0.717, 1.165) is 18.9 Å². The molecule has 7 nitrogen and oxygen atoms in total. The van der Waals surface area contributed by atoms with Crippen LogP contribution in [0.1, 0.15) is 11.5 Å². The van der Waals surface area contributed by atoms with Crippen LogP contribution in [0, 0.1) is 13.8 Å². The predicted octanol–water partition coefficient (Wildman–Crippen LogP) is 0.674. The molecule has 2 aromatic heterocycles. The van der Waals surface area contributed by atoms with Crippen LogP contribution in [0.2, 0.25) is 0 Å². The molecule has 1 aliphatic rings. The Labute approximate surface area is 115 Å². The molecule has 0 radical (unpaired) electrons. The van der Waals surface area contributed by atoms with Crippen LogP contribution in [0.5, 0.6) is 0 Å². The van der Waals surface area contributed by atoms with Gasteiger partial charge in [-0.15, -0.1) is 0 Å². The molecule has 0 unspecified atom stereocenters. The number of hydrogen-bond donors (Lipinski definition) is 0. The van der Waals surface area contributed by atoms with Crippen LogP contribution < -0.4 is 10.5 Å². The van der Waals surface area contributed by atoms with Crippen molar-refractivity contribution in [3.63, 3.8) is 0 Å². The molecule has 1 aliphatic heterocycles. The molecule has 0 atom stereocenters. The number of aromatic nitrogens is 3. The summed E-state index contributed by atoms with van der Waals surface area (Å²) in [6.07, 6.45) is 0. The van der Waals surface area contributed by atoms with Crippen LogP contribution in [0.25, 0.3) is 5.88 Å². The molecule has 0 aliphatic carbocycles. The highest BCUT2D eigenvalue weighted by Crippen LogP contribution is 2.18. The first kappa shape index (κ1) is 12.9. The summed E-state index contributed by atoms with van der Waals surface area (Å²) < 4.78 is 12.0. The quantitative estimate of drug-likeness (QED) is 0.803. The molecule has 7 heteroatoms. The fourth-order valence-electron chi connectivity index (χ4n) is 2.31. The second-order valence-corrected chi connectivity index (χ2v) is 4.74. The van der Waals surface area contributed by atoms with Crippen molar-refractivity contribution < 1.29 is 9.26 Å². The first-order valence-electron chi connectivity index (χ1n) is 6.52. The van der Waals surface area contributed by atoms with Gasteiger partial charge in [0.1, 0.15) is 5.82 Å². The van der Waals surface area contributed by atoms with E-state index in [1.165, 1.54) is 10.6 Å². The fourth-order valence-corrected chi connectivity index (χ4v) is 2.31. The van der Waals surface area contributed by atoms with E-state index in [1.807, 2.05) is 0 Å². The molecule has 3 heterocycles. The molecule has 1 fully saturated rings. The van der Waals surface area contributed by atoms with Crippen LogP contribution >= 0.6 is 0 Å². The third-order valence-electron chi connectivity index (χ3n) is 3.26. The molecule has 2 aromatic rings. The molecular weight excluding hydrogens is 260 g/mol. The topological polar surface area (TPSA) is 73.4 Å². The zero-order chi connectivity index (χ0) is 14.1. The Balaban J connectivity index is 1.96. The molecule has 20 heavy (non-hydrogen) atoms. The lowest BCUT2D eigenvalue weighted by molar-refractivity contribution is 0.122. The number of morpholine rings is 1. The highest BCUT2D eigenvalue weighted by atomic mass is 16.5. The number of anilines is 1. The summed E-state index contributed by atoms with van der Waals surface area (Å²) in [5, 5.41) is 4.03. The minimum Gasteiger partial charge on any atom is -0.378 e. The molecule has 0 saturated carbocycles. The van der Waals surface area contributed by atoms with E-state index in [4.69, 9.17) is 9.26 Å². The van der Waals surface area contributed by atoms with Gasteiger partial charge < -0.3 is 14.2 Å². The van der Waals surface area contributed by atoms with E-state index >= 15 is 0 Å². The lowest BCUT2D eigenvalue weighted by atomic mass is 10.4. The monoisotopic (exact) mass is 276 g/mol. The van der Waals surface area contributed by atoms with Gasteiger partial charge in [0, 0.05) is 30.9 Å². The third kappa shape index (κ3) is 2.32. The zero-order valence-electron chi connectivity index (χ0n) is 11.5. The Morgan fingerprint density at radius 3 is 2.65 bits per heavy atom. The largest absolute Gasteiger partial charge is 0.378 e. The van der Waals surface area contributed by atoms with Gasteiger partial charge in [-0.1, -0.05) is 5.16 Å². The Bertz CT molecular complexity index is 670. The average Bonchev–Trinajstić information content (AvgIpc) is 2.88. The molecule has 0 spiro atoms. The summed E-state index contributed by atoms with van der Waals surface area (Å²) in [4.78, 5) is 18.4. The van der Waals surface area contributed by atoms with Gasteiger partial charge in [-0.25, -0.2) is 9.55 Å². The predicted molar refractivity (Wildman–Crippen MR) is 72.4 cm³/mol. The Hall–Kier alpha value is -2.15. The molecule has 3 rings (SSSR count). The van der Waals surface area contributed by atoms with Gasteiger partial charge in [0.2, 0.25) is 5.88 Å². The van der Waals surface area contributed by atoms with Gasteiger partial charge in [-0.2, -0.15) is 0 Å². The van der Waals surface area contributed by atoms with Crippen molar-refractivity contribution in [3.8, 4) is 5.88 Å². The maximum absolute atomic E-state index is 12.0. The zero-order valence-corrected chi connectivity index (χ0v) is 11.5. The van der Waals surface area contributed by atoms with Crippen molar-refractivity contribution in [1.82, 2.24) is 14.7 Å². The van der Waals surface area contributed by atoms with E-state index in [2.05, 4.69) is 15.0 Å². The van der Waals surface area contributed by atoms with E-state index in [-0.39, 0.29) is 5.56 Å². The summed E-state index contributed by atoms with van der Waals surface area (Å²) in [5.41, 5.74) is 0.524. The minimum absolute atomic E-state index is 0.167. The van der Waals surface area contributed by atoms with Crippen molar-refractivity contribution in [2.75, 3.05) is 31.2 Å². The molecule has 0 aromatic carbocycles. The lowest BCUT2D eigenvalue weighted by Gasteiger charge is -2.25. The van der Waals surface area contributed by atoms with Crippen LogP contribution in [0.15, 0.2) is 21.5 Å². The first-order chi connectivity index (χ1) is 9.65. The summed E-state index contributed by atoms with van der Waals surface area (Å²) in [6, 6.07) is 3.24. The normalized spacial score (nSPS) is 15.6. The van der Waals surface area contributed by atoms with Crippen molar-refractivity contribution in [1.29, 1.82) is 0 Å². The van der Waals surface area contributed by atoms with E-state index in [0.29, 0.717) is 30.6 Å². The second-order valence-electron chi connectivity index (χ2n) is 4.74. The van der Waals surface area contributed by atoms with Gasteiger partial charge in [-0.05, 0) is 13.8 Å². The highest BCUT2D eigenvalue weighted by Gasteiger charge is 2.17. The Morgan fingerprint density at radius 1 is 1.20 bits per heavy atom. The molecule has 106 valence electrons. The van der Waals surface area contributed by atoms with Crippen molar-refractivity contribution >= 4 is 5.82 Å². The minimum atomic E-state index is -0.167. The van der Waals surface area contributed by atoms with Crippen molar-refractivity contribution in [2.24, 2.45) is 0 Å². The Kier molecular flexibility index (Phi) is 3.27. The SMILES string of the molecule is Cc1cc(=O)n(-c2cc(N3CCOCC3)no2)c(C)n1. The Morgan fingerprint density at radius 2 is 1.95 bits per heavy atom. The second kappa shape index (κ2) is 5.09. The van der Waals surface area contributed by atoms with Gasteiger partial charge >= 0.3 is 0 Å². The molecule has 0 bridgehead atoms. The maximum Gasteiger partial charge on any atom is 0.260 e. The smallest absolute Gasteiger partial charge is 0.260 e. The first-order valence-corrected chi connectivity index (χ1v) is 6.52. The molecule has 0 amide bonds. The molecular formula is C13H16N4O3. The summed E-state index contributed by atoms with van der Waals surface area (Å²) in [5.74, 6) is 1.69. The highest BCUT2D eigenvalue weighted by molar-refractivity contribution is 5.43. The summed E-state index contributed by atoms with van der Waals surface area (Å²) in [6.45, 7) is 6.45. The number of aryl methyl sites for hydroxylation is 2. The van der Waals surface area contributed by atoms with E-state index < -0.39 is 0 Å². The summed E-state index contributed by atoms with van der Waals surface area (Å²) in [7, 11) is 0. The van der Waals surface area contributed by atoms with Gasteiger partial charge in [0.05, 0.1) is 13.2 Å². The lowest BCUT2D eigenvalue weighted by Crippen LogP contribution is -2.36. The standard InChI is InChI=1S/C13H16N4O3/c1-9-7-12(18)17(10(2)14-9)13-8-11(15-20-13)16-3-5-19-6-4-16/h7-8H,3-6H2,1-2H3. The van der Waals surface area contributed by atoms with E-state index in [1.54, 1.807) is 19.9 Å². The fraction of sp³-hybridized carbons (Fsp3) is 0.462. The van der Waals surface area contributed by atoms with Crippen molar-refractivity contribution in [2.45, 2.75) is 13.8 Å². The molecule has 0 N–H and O–H groups in total. The van der Waals surface area contributed by atoms with Crippen LogP contribution in [0.4, 0.5) is 5.82 Å². The number of nitrogens with zero attached hydrogens (tertiary/aromatic N) is 4. The average molecular weight is 276 g/mol. The maximum atomic E-state index is 12.0. The van der Waals surface area contributed by atoms with Gasteiger partial charge in [0.25, 0.3) is 5.56 Å². The molecule has 1 saturated heterocycles. The summed E-state index contributed by atoms with van der Waals surface area (Å²) >= 11 is 0. The third-order valence-corrected chi connectivity index (χ3v) is 3.26. The van der Waals surface area contributed by atoms with Gasteiger partial charge in [0.15, 0.2) is 5.82 Å². The van der Waals surface area contributed by atoms with E-state index in [9.17, 15) is 4.79 Å².